The standard InChI is InChI=1S/C24H38N6O4S/c1-18(2)15-21(28-35(33,34)20-7-4-3-5-8-20)24(32)30-12-6-9-22(30)23(31)26-16-19-10-13-29(14-11-19)17-27-25/h3-5,7-8,17-19,21-22,28H,6,9-16,25H2,1-2H3,(H,26,31)/t21?,22-/m0/s1. The Morgan fingerprint density at radius 1 is 1.14 bits per heavy atom. The van der Waals surface area contributed by atoms with Crippen LogP contribution in [0.2, 0.25) is 0 Å². The van der Waals surface area contributed by atoms with Crippen LogP contribution in [-0.4, -0.2) is 74.6 Å². The van der Waals surface area contributed by atoms with Gasteiger partial charge in [0.25, 0.3) is 0 Å². The molecule has 11 heteroatoms. The number of sulfonamides is 1. The van der Waals surface area contributed by atoms with E-state index < -0.39 is 22.1 Å². The Balaban J connectivity index is 1.62. The fourth-order valence-corrected chi connectivity index (χ4v) is 5.98. The molecule has 0 saturated carbocycles. The number of piperidine rings is 1. The molecule has 0 spiro atoms. The molecule has 2 amide bonds. The van der Waals surface area contributed by atoms with Crippen molar-refractivity contribution in [2.24, 2.45) is 22.8 Å². The minimum Gasteiger partial charge on any atom is -0.361 e. The lowest BCUT2D eigenvalue weighted by Gasteiger charge is -2.32. The molecule has 4 N–H and O–H groups in total. The van der Waals surface area contributed by atoms with Crippen molar-refractivity contribution in [3.8, 4) is 0 Å². The van der Waals surface area contributed by atoms with E-state index in [1.54, 1.807) is 29.4 Å². The number of carbonyl (C=O) groups excluding carboxylic acids is 2. The summed E-state index contributed by atoms with van der Waals surface area (Å²) in [6.45, 7) is 6.56. The van der Waals surface area contributed by atoms with Gasteiger partial charge in [-0.1, -0.05) is 32.0 Å². The van der Waals surface area contributed by atoms with Crippen molar-refractivity contribution in [2.45, 2.75) is 62.9 Å². The van der Waals surface area contributed by atoms with Gasteiger partial charge in [0.2, 0.25) is 21.8 Å². The van der Waals surface area contributed by atoms with Crippen molar-refractivity contribution in [1.82, 2.24) is 19.8 Å². The third kappa shape index (κ3) is 7.41. The lowest BCUT2D eigenvalue weighted by atomic mass is 9.97. The SMILES string of the molecule is CC(C)CC(NS(=O)(=O)c1ccccc1)C(=O)N1CCC[C@H]1C(=O)NCC1CCN(C=NN)CC1. The second-order valence-corrected chi connectivity index (χ2v) is 11.5. The number of benzene rings is 1. The number of nitrogens with zero attached hydrogens (tertiary/aromatic N) is 3. The Hall–Kier alpha value is -2.66. The highest BCUT2D eigenvalue weighted by molar-refractivity contribution is 7.89. The third-order valence-corrected chi connectivity index (χ3v) is 8.13. The topological polar surface area (TPSA) is 137 Å². The maximum absolute atomic E-state index is 13.5. The van der Waals surface area contributed by atoms with Gasteiger partial charge in [-0.3, -0.25) is 9.59 Å². The number of hydrogen-bond acceptors (Lipinski definition) is 6. The van der Waals surface area contributed by atoms with Gasteiger partial charge in [-0.15, -0.1) is 0 Å². The molecule has 35 heavy (non-hydrogen) atoms. The summed E-state index contributed by atoms with van der Waals surface area (Å²) in [7, 11) is -3.87. The quantitative estimate of drug-likeness (QED) is 0.188. The van der Waals surface area contributed by atoms with Crippen LogP contribution in [0.1, 0.15) is 46.0 Å². The Bertz CT molecular complexity index is 977. The molecule has 1 aromatic carbocycles. The van der Waals surface area contributed by atoms with Crippen molar-refractivity contribution < 1.29 is 18.0 Å². The van der Waals surface area contributed by atoms with Crippen LogP contribution in [0, 0.1) is 11.8 Å². The zero-order valence-corrected chi connectivity index (χ0v) is 21.4. The van der Waals surface area contributed by atoms with Crippen LogP contribution < -0.4 is 15.9 Å². The normalized spacial score (nSPS) is 20.5. The van der Waals surface area contributed by atoms with Crippen LogP contribution in [0.15, 0.2) is 40.3 Å². The van der Waals surface area contributed by atoms with Gasteiger partial charge < -0.3 is 21.0 Å². The number of nitrogens with one attached hydrogen (secondary N) is 2. The van der Waals surface area contributed by atoms with Gasteiger partial charge in [-0.2, -0.15) is 9.82 Å². The molecule has 2 fully saturated rings. The van der Waals surface area contributed by atoms with Crippen LogP contribution in [0.4, 0.5) is 0 Å². The first kappa shape index (κ1) is 26.9. The average Bonchev–Trinajstić information content (AvgIpc) is 3.33. The number of hydrazone groups is 1. The molecule has 1 unspecified atom stereocenters. The number of rotatable bonds is 10. The van der Waals surface area contributed by atoms with Crippen molar-refractivity contribution in [1.29, 1.82) is 0 Å². The lowest BCUT2D eigenvalue weighted by Crippen LogP contribution is -2.54. The summed E-state index contributed by atoms with van der Waals surface area (Å²) < 4.78 is 28.4. The Morgan fingerprint density at radius 3 is 2.46 bits per heavy atom. The van der Waals surface area contributed by atoms with Gasteiger partial charge in [0.1, 0.15) is 18.4 Å². The molecule has 2 saturated heterocycles. The molecule has 2 atom stereocenters. The predicted octanol–water partition coefficient (Wildman–Crippen LogP) is 1.10. The second-order valence-electron chi connectivity index (χ2n) is 9.80. The third-order valence-electron chi connectivity index (χ3n) is 6.64. The molecule has 0 radical (unpaired) electrons. The molecule has 10 nitrogen and oxygen atoms in total. The van der Waals surface area contributed by atoms with Crippen LogP contribution in [0.25, 0.3) is 0 Å². The van der Waals surface area contributed by atoms with Crippen molar-refractivity contribution in [3.63, 3.8) is 0 Å². The molecule has 2 heterocycles. The fraction of sp³-hybridized carbons (Fsp3) is 0.625. The van der Waals surface area contributed by atoms with Crippen molar-refractivity contribution in [3.05, 3.63) is 30.3 Å². The van der Waals surface area contributed by atoms with Gasteiger partial charge in [0.05, 0.1) is 4.90 Å². The van der Waals surface area contributed by atoms with E-state index >= 15 is 0 Å². The van der Waals surface area contributed by atoms with Crippen LogP contribution >= 0.6 is 0 Å². The molecule has 1 aromatic rings. The number of likely N-dealkylation sites (tertiary alicyclic amines) is 2. The molecule has 2 aliphatic heterocycles. The van der Waals surface area contributed by atoms with E-state index in [-0.39, 0.29) is 22.6 Å². The maximum atomic E-state index is 13.5. The summed E-state index contributed by atoms with van der Waals surface area (Å²) in [6.07, 6.45) is 5.12. The first-order valence-corrected chi connectivity index (χ1v) is 13.8. The average molecular weight is 507 g/mol. The maximum Gasteiger partial charge on any atom is 0.242 e. The molecular weight excluding hydrogens is 468 g/mol. The highest BCUT2D eigenvalue weighted by Crippen LogP contribution is 2.22. The van der Waals surface area contributed by atoms with E-state index in [4.69, 9.17) is 5.84 Å². The van der Waals surface area contributed by atoms with E-state index in [0.29, 0.717) is 38.3 Å². The first-order chi connectivity index (χ1) is 16.7. The zero-order chi connectivity index (χ0) is 25.4. The number of carbonyl (C=O) groups is 2. The predicted molar refractivity (Wildman–Crippen MR) is 135 cm³/mol. The molecular formula is C24H38N6O4S. The highest BCUT2D eigenvalue weighted by Gasteiger charge is 2.38. The second kappa shape index (κ2) is 12.3. The van der Waals surface area contributed by atoms with E-state index in [2.05, 4.69) is 20.0 Å². The van der Waals surface area contributed by atoms with Gasteiger partial charge in [-0.25, -0.2) is 8.42 Å². The van der Waals surface area contributed by atoms with E-state index in [0.717, 1.165) is 25.9 Å². The summed E-state index contributed by atoms with van der Waals surface area (Å²) in [5.74, 6) is 5.15. The summed E-state index contributed by atoms with van der Waals surface area (Å²) in [5.41, 5.74) is 0. The zero-order valence-electron chi connectivity index (χ0n) is 20.6. The molecule has 0 aromatic heterocycles. The number of hydrogen-bond donors (Lipinski definition) is 3. The molecule has 3 rings (SSSR count). The lowest BCUT2D eigenvalue weighted by molar-refractivity contribution is -0.140. The highest BCUT2D eigenvalue weighted by atomic mass is 32.2. The van der Waals surface area contributed by atoms with Gasteiger partial charge >= 0.3 is 0 Å². The van der Waals surface area contributed by atoms with Crippen LogP contribution in [-0.2, 0) is 19.6 Å². The smallest absolute Gasteiger partial charge is 0.242 e. The summed E-state index contributed by atoms with van der Waals surface area (Å²) in [5, 5.41) is 6.59. The molecule has 194 valence electrons. The summed E-state index contributed by atoms with van der Waals surface area (Å²) in [6, 6.07) is 6.51. The van der Waals surface area contributed by atoms with E-state index in [9.17, 15) is 18.0 Å². The van der Waals surface area contributed by atoms with Gasteiger partial charge in [0.15, 0.2) is 0 Å². The molecule has 0 aliphatic carbocycles. The van der Waals surface area contributed by atoms with Gasteiger partial charge in [-0.05, 0) is 56.1 Å². The van der Waals surface area contributed by atoms with E-state index in [1.807, 2.05) is 13.8 Å². The minimum atomic E-state index is -3.87. The molecule has 2 aliphatic rings. The minimum absolute atomic E-state index is 0.0903. The fourth-order valence-electron chi connectivity index (χ4n) is 4.76. The molecule has 0 bridgehead atoms. The Morgan fingerprint density at radius 2 is 1.83 bits per heavy atom. The van der Waals surface area contributed by atoms with Crippen molar-refractivity contribution in [2.75, 3.05) is 26.2 Å². The summed E-state index contributed by atoms with van der Waals surface area (Å²) in [4.78, 5) is 30.2. The van der Waals surface area contributed by atoms with E-state index in [1.165, 1.54) is 12.1 Å². The van der Waals surface area contributed by atoms with Crippen molar-refractivity contribution >= 4 is 28.2 Å². The number of amides is 2. The number of nitrogens with two attached hydrogens (primary N) is 1. The first-order valence-electron chi connectivity index (χ1n) is 12.3. The largest absolute Gasteiger partial charge is 0.361 e. The monoisotopic (exact) mass is 506 g/mol. The van der Waals surface area contributed by atoms with Crippen LogP contribution in [0.5, 0.6) is 0 Å². The Labute approximate surface area is 208 Å². The summed E-state index contributed by atoms with van der Waals surface area (Å²) >= 11 is 0. The van der Waals surface area contributed by atoms with Gasteiger partial charge in [0, 0.05) is 26.2 Å². The Kier molecular flexibility index (Phi) is 9.50. The van der Waals surface area contributed by atoms with Crippen LogP contribution in [0.3, 0.4) is 0 Å².